The molecule has 10 heteroatoms. The van der Waals surface area contributed by atoms with Crippen molar-refractivity contribution in [3.8, 4) is 0 Å². The zero-order chi connectivity index (χ0) is 27.0. The molecule has 35 heavy (non-hydrogen) atoms. The predicted molar refractivity (Wildman–Crippen MR) is 147 cm³/mol. The molecule has 6 N–H and O–H groups in total. The normalized spacial score (nSPS) is 16.3. The standard InChI is InChI=1S/C22H27Cl2FN6O.C3H8/c1-5-6-7-11-28-14(3)20-17(25)9-8-10-18(31-20)13(2)30-22(32)15(4)29-21(27)16(23)12-19(24)26;1-3-2/h5-7,9-12,15,29H,2,8,26-27H2,1,3-4H3,(H,30,32);3H2,1-2H3/b6-5-,11-7-,19-12-,21-16-,28-14?;. The maximum Gasteiger partial charge on any atom is 0.246 e. The second-order valence-corrected chi connectivity index (χ2v) is 8.09. The third-order valence-corrected chi connectivity index (χ3v) is 4.36. The molecule has 1 unspecified atom stereocenters. The number of aliphatic imine (C=N–C) groups is 2. The van der Waals surface area contributed by atoms with Crippen LogP contribution in [0.1, 0.15) is 47.5 Å². The molecule has 0 spiro atoms. The van der Waals surface area contributed by atoms with E-state index in [0.717, 1.165) is 0 Å². The van der Waals surface area contributed by atoms with Crippen molar-refractivity contribution in [2.75, 3.05) is 0 Å². The van der Waals surface area contributed by atoms with E-state index >= 15 is 0 Å². The molecule has 0 aromatic carbocycles. The Kier molecular flexibility index (Phi) is 15.8. The first kappa shape index (κ1) is 31.9. The molecule has 0 radical (unpaired) electrons. The number of hydrogen-bond acceptors (Lipinski definition) is 6. The fourth-order valence-electron chi connectivity index (χ4n) is 2.30. The van der Waals surface area contributed by atoms with Crippen LogP contribution in [0.3, 0.4) is 0 Å². The van der Waals surface area contributed by atoms with Crippen molar-refractivity contribution >= 4 is 40.5 Å². The SMILES string of the molecule is C=C(NC(=O)C(C)N/C(N)=C(Cl)/C=C(\N)Cl)C1=CCC=C(F)C(C(C)=N/C=C\C=C/C)=N1.CCC. The highest BCUT2D eigenvalue weighted by Gasteiger charge is 2.19. The molecule has 0 fully saturated rings. The van der Waals surface area contributed by atoms with E-state index in [-0.39, 0.29) is 33.8 Å². The van der Waals surface area contributed by atoms with Crippen LogP contribution in [0.2, 0.25) is 0 Å². The molecule has 1 atom stereocenters. The van der Waals surface area contributed by atoms with Gasteiger partial charge in [0, 0.05) is 6.20 Å². The largest absolute Gasteiger partial charge is 0.389 e. The lowest BCUT2D eigenvalue weighted by Crippen LogP contribution is -2.43. The maximum absolute atomic E-state index is 14.5. The van der Waals surface area contributed by atoms with Crippen molar-refractivity contribution in [1.82, 2.24) is 10.6 Å². The quantitative estimate of drug-likeness (QED) is 0.179. The van der Waals surface area contributed by atoms with Crippen LogP contribution >= 0.6 is 23.2 Å². The van der Waals surface area contributed by atoms with Crippen molar-refractivity contribution in [2.24, 2.45) is 21.5 Å². The molecule has 0 saturated carbocycles. The summed E-state index contributed by atoms with van der Waals surface area (Å²) in [6, 6.07) is -0.782. The minimum Gasteiger partial charge on any atom is -0.389 e. The molecular formula is C25H35Cl2FN6O. The van der Waals surface area contributed by atoms with Gasteiger partial charge in [-0.3, -0.25) is 9.79 Å². The number of allylic oxidation sites excluding steroid dienone is 8. The van der Waals surface area contributed by atoms with Crippen molar-refractivity contribution < 1.29 is 9.18 Å². The van der Waals surface area contributed by atoms with Gasteiger partial charge in [-0.1, -0.05) is 68.3 Å². The third-order valence-electron chi connectivity index (χ3n) is 3.94. The average Bonchev–Trinajstić information content (AvgIpc) is 2.98. The van der Waals surface area contributed by atoms with Gasteiger partial charge < -0.3 is 22.1 Å². The minimum atomic E-state index is -0.782. The lowest BCUT2D eigenvalue weighted by Gasteiger charge is -2.17. The summed E-state index contributed by atoms with van der Waals surface area (Å²) < 4.78 is 14.5. The van der Waals surface area contributed by atoms with E-state index < -0.39 is 17.8 Å². The van der Waals surface area contributed by atoms with Crippen molar-refractivity contribution in [2.45, 2.75) is 53.5 Å². The lowest BCUT2D eigenvalue weighted by atomic mass is 10.2. The summed E-state index contributed by atoms with van der Waals surface area (Å²) in [6.45, 7) is 13.2. The molecule has 0 bridgehead atoms. The molecular weight excluding hydrogens is 490 g/mol. The third kappa shape index (κ3) is 12.8. The summed E-state index contributed by atoms with van der Waals surface area (Å²) in [6.07, 6.45) is 12.7. The number of nitrogens with one attached hydrogen (secondary N) is 2. The van der Waals surface area contributed by atoms with E-state index in [1.807, 2.05) is 13.0 Å². The molecule has 0 saturated heterocycles. The van der Waals surface area contributed by atoms with E-state index in [1.165, 1.54) is 18.6 Å². The Bertz CT molecular complexity index is 999. The van der Waals surface area contributed by atoms with Crippen LogP contribution in [-0.2, 0) is 4.79 Å². The van der Waals surface area contributed by atoms with Gasteiger partial charge in [0.15, 0.2) is 0 Å². The van der Waals surface area contributed by atoms with Gasteiger partial charge in [0.1, 0.15) is 28.6 Å². The molecule has 0 aromatic rings. The zero-order valence-corrected chi connectivity index (χ0v) is 22.3. The topological polar surface area (TPSA) is 118 Å². The number of hydrogen-bond donors (Lipinski definition) is 4. The summed E-state index contributed by atoms with van der Waals surface area (Å²) in [5, 5.41) is 5.35. The Morgan fingerprint density at radius 2 is 1.94 bits per heavy atom. The Labute approximate surface area is 217 Å². The van der Waals surface area contributed by atoms with E-state index in [2.05, 4.69) is 41.0 Å². The van der Waals surface area contributed by atoms with Gasteiger partial charge in [0.05, 0.1) is 22.1 Å². The second-order valence-electron chi connectivity index (χ2n) is 7.25. The first-order valence-electron chi connectivity index (χ1n) is 11.0. The van der Waals surface area contributed by atoms with Crippen molar-refractivity contribution in [3.63, 3.8) is 0 Å². The first-order valence-corrected chi connectivity index (χ1v) is 11.8. The predicted octanol–water partition coefficient (Wildman–Crippen LogP) is 5.55. The molecule has 1 aliphatic heterocycles. The number of carbonyl (C=O) groups is 1. The smallest absolute Gasteiger partial charge is 0.246 e. The number of amides is 1. The Balaban J connectivity index is 0.00000365. The number of rotatable bonds is 9. The van der Waals surface area contributed by atoms with Gasteiger partial charge in [0.2, 0.25) is 5.91 Å². The summed E-state index contributed by atoms with van der Waals surface area (Å²) in [5.41, 5.74) is 12.1. The van der Waals surface area contributed by atoms with Gasteiger partial charge in [-0.15, -0.1) is 0 Å². The highest BCUT2D eigenvalue weighted by Crippen LogP contribution is 2.18. The number of halogens is 3. The second kappa shape index (κ2) is 17.4. The summed E-state index contributed by atoms with van der Waals surface area (Å²) in [7, 11) is 0. The molecule has 192 valence electrons. The molecule has 1 amide bonds. The summed E-state index contributed by atoms with van der Waals surface area (Å²) in [5.74, 6) is -0.952. The van der Waals surface area contributed by atoms with E-state index in [4.69, 9.17) is 34.7 Å². The fraction of sp³-hybridized carbons (Fsp3) is 0.320. The summed E-state index contributed by atoms with van der Waals surface area (Å²) >= 11 is 11.5. The van der Waals surface area contributed by atoms with Crippen LogP contribution in [-0.4, -0.2) is 23.4 Å². The van der Waals surface area contributed by atoms with E-state index in [9.17, 15) is 9.18 Å². The number of carbonyl (C=O) groups excluding carboxylic acids is 1. The molecule has 1 rings (SSSR count). The van der Waals surface area contributed by atoms with Gasteiger partial charge in [0.25, 0.3) is 0 Å². The zero-order valence-electron chi connectivity index (χ0n) is 20.8. The minimum absolute atomic E-state index is 0.0154. The van der Waals surface area contributed by atoms with E-state index in [0.29, 0.717) is 11.4 Å². The fourth-order valence-corrected chi connectivity index (χ4v) is 2.64. The molecule has 1 heterocycles. The van der Waals surface area contributed by atoms with Gasteiger partial charge in [-0.25, -0.2) is 9.38 Å². The van der Waals surface area contributed by atoms with Crippen LogP contribution in [0.5, 0.6) is 0 Å². The van der Waals surface area contributed by atoms with Gasteiger partial charge in [-0.05, 0) is 45.4 Å². The van der Waals surface area contributed by atoms with Gasteiger partial charge >= 0.3 is 0 Å². The highest BCUT2D eigenvalue weighted by atomic mass is 35.5. The Morgan fingerprint density at radius 1 is 1.31 bits per heavy atom. The van der Waals surface area contributed by atoms with Crippen LogP contribution in [0.25, 0.3) is 0 Å². The maximum atomic E-state index is 14.5. The molecule has 0 aliphatic carbocycles. The van der Waals surface area contributed by atoms with Gasteiger partial charge in [-0.2, -0.15) is 0 Å². The molecule has 7 nitrogen and oxygen atoms in total. The number of nitrogens with zero attached hydrogens (tertiary/aromatic N) is 2. The molecule has 1 aliphatic rings. The van der Waals surface area contributed by atoms with Crippen LogP contribution in [0.4, 0.5) is 4.39 Å². The van der Waals surface area contributed by atoms with Crippen LogP contribution in [0, 0.1) is 0 Å². The summed E-state index contributed by atoms with van der Waals surface area (Å²) in [4.78, 5) is 21.0. The van der Waals surface area contributed by atoms with Crippen LogP contribution in [0.15, 0.2) is 92.5 Å². The van der Waals surface area contributed by atoms with Crippen molar-refractivity contribution in [1.29, 1.82) is 0 Å². The highest BCUT2D eigenvalue weighted by molar-refractivity contribution is 6.47. The van der Waals surface area contributed by atoms with E-state index in [1.54, 1.807) is 38.3 Å². The Morgan fingerprint density at radius 3 is 2.51 bits per heavy atom. The average molecular weight is 526 g/mol. The Hall–Kier alpha value is -3.10. The number of nitrogens with two attached hydrogens (primary N) is 2. The van der Waals surface area contributed by atoms with Crippen molar-refractivity contribution in [3.05, 3.63) is 82.5 Å². The monoisotopic (exact) mass is 524 g/mol. The lowest BCUT2D eigenvalue weighted by molar-refractivity contribution is -0.121. The van der Waals surface area contributed by atoms with Crippen LogP contribution < -0.4 is 22.1 Å². The molecule has 0 aromatic heterocycles. The first-order chi connectivity index (χ1) is 16.5.